The van der Waals surface area contributed by atoms with Gasteiger partial charge in [0.25, 0.3) is 0 Å². The van der Waals surface area contributed by atoms with E-state index in [9.17, 15) is 35.1 Å². The van der Waals surface area contributed by atoms with Crippen molar-refractivity contribution in [2.45, 2.75) is 320 Å². The number of hydrogen-bond acceptors (Lipinski definition) is 10. The summed E-state index contributed by atoms with van der Waals surface area (Å²) in [4.78, 5) is 26.5. The normalized spacial score (nSPS) is 19.7. The van der Waals surface area contributed by atoms with Gasteiger partial charge in [0.05, 0.1) is 25.4 Å². The average Bonchev–Trinajstić information content (AvgIpc) is 3.39. The summed E-state index contributed by atoms with van der Waals surface area (Å²) < 4.78 is 17.6. The first kappa shape index (κ1) is 68.6. The standard InChI is InChI=1S/C62H113NO10/c1-4-7-10-13-16-19-22-25-27-28-29-30-31-34-37-40-43-46-49-55(66)61(70)63-53(54(65)48-45-42-39-36-33-24-21-18-15-12-9-6-3)52-71-62-60(59(69)58(68)56(51-64)72-62)73-57(67)50-47-44-41-38-35-32-26-23-20-17-14-11-8-5-2/h8,11,17,20,26,32,45,48,53-56,58-60,62,64-66,68-69H,4-7,9-10,12-16,18-19,21-25,27-31,33-44,46-47,49-52H2,1-3H3,(H,63,70)/b11-8+,20-17+,32-26+,48-45+. The van der Waals surface area contributed by atoms with Crippen LogP contribution in [0, 0.1) is 0 Å². The zero-order valence-electron chi connectivity index (χ0n) is 47.0. The molecule has 1 saturated heterocycles. The van der Waals surface area contributed by atoms with E-state index in [0.29, 0.717) is 19.3 Å². The van der Waals surface area contributed by atoms with Gasteiger partial charge >= 0.3 is 5.97 Å². The molecular formula is C62H113NO10. The minimum Gasteiger partial charge on any atom is -0.454 e. The molecule has 0 aromatic heterocycles. The van der Waals surface area contributed by atoms with Crippen molar-refractivity contribution in [2.24, 2.45) is 0 Å². The first-order valence-electron chi connectivity index (χ1n) is 30.4. The Kier molecular flexibility index (Phi) is 47.4. The number of ether oxygens (including phenoxy) is 3. The highest BCUT2D eigenvalue weighted by Crippen LogP contribution is 2.26. The molecular weight excluding hydrogens is 919 g/mol. The SMILES string of the molecule is CC/C=C/C/C=C/C/C=C/CCCCCCC(=O)OC1C(OCC(NC(=O)C(O)CCCCCCCCCCCCCCCCCCCC)C(O)/C=C/CCCCCCCCCCCC)OC(CO)C(O)C1O. The molecule has 0 radical (unpaired) electrons. The molecule has 0 spiro atoms. The van der Waals surface area contributed by atoms with E-state index >= 15 is 0 Å². The van der Waals surface area contributed by atoms with Crippen molar-refractivity contribution < 1.29 is 49.3 Å². The van der Waals surface area contributed by atoms with Crippen LogP contribution in [0.15, 0.2) is 48.6 Å². The third-order valence-corrected chi connectivity index (χ3v) is 14.2. The Labute approximate surface area is 446 Å². The van der Waals surface area contributed by atoms with Crippen LogP contribution in [-0.2, 0) is 23.8 Å². The second-order valence-electron chi connectivity index (χ2n) is 21.1. The van der Waals surface area contributed by atoms with E-state index < -0.39 is 67.4 Å². The second-order valence-corrected chi connectivity index (χ2v) is 21.1. The maximum atomic E-state index is 13.4. The molecule has 6 N–H and O–H groups in total. The van der Waals surface area contributed by atoms with Crippen LogP contribution < -0.4 is 5.32 Å². The zero-order valence-corrected chi connectivity index (χ0v) is 47.0. The third-order valence-electron chi connectivity index (χ3n) is 14.2. The Morgan fingerprint density at radius 3 is 1.48 bits per heavy atom. The highest BCUT2D eigenvalue weighted by molar-refractivity contribution is 5.80. The van der Waals surface area contributed by atoms with E-state index in [1.54, 1.807) is 6.08 Å². The number of nitrogens with one attached hydrogen (secondary N) is 1. The minimum absolute atomic E-state index is 0.0984. The molecule has 8 atom stereocenters. The lowest BCUT2D eigenvalue weighted by molar-refractivity contribution is -0.305. The van der Waals surface area contributed by atoms with Gasteiger partial charge in [-0.25, -0.2) is 0 Å². The van der Waals surface area contributed by atoms with E-state index in [1.165, 1.54) is 141 Å². The molecule has 73 heavy (non-hydrogen) atoms. The van der Waals surface area contributed by atoms with E-state index in [2.05, 4.69) is 62.5 Å². The molecule has 1 aliphatic rings. The second kappa shape index (κ2) is 50.4. The molecule has 1 heterocycles. The van der Waals surface area contributed by atoms with Gasteiger partial charge in [-0.1, -0.05) is 256 Å². The van der Waals surface area contributed by atoms with Gasteiger partial charge < -0.3 is 45.1 Å². The number of allylic oxidation sites excluding steroid dienone is 7. The van der Waals surface area contributed by atoms with Crippen LogP contribution >= 0.6 is 0 Å². The molecule has 0 aliphatic carbocycles. The van der Waals surface area contributed by atoms with Crippen LogP contribution in [0.5, 0.6) is 0 Å². The fraction of sp³-hybridized carbons (Fsp3) is 0.839. The van der Waals surface area contributed by atoms with Crippen LogP contribution in [0.1, 0.15) is 271 Å². The summed E-state index contributed by atoms with van der Waals surface area (Å²) in [7, 11) is 0. The molecule has 0 aromatic rings. The van der Waals surface area contributed by atoms with E-state index in [4.69, 9.17) is 14.2 Å². The molecule has 1 amide bonds. The van der Waals surface area contributed by atoms with E-state index in [-0.39, 0.29) is 13.0 Å². The number of aliphatic hydroxyl groups is 5. The summed E-state index contributed by atoms with van der Waals surface area (Å²) >= 11 is 0. The fourth-order valence-corrected chi connectivity index (χ4v) is 9.43. The van der Waals surface area contributed by atoms with Gasteiger partial charge in [0.15, 0.2) is 12.4 Å². The molecule has 1 rings (SSSR count). The largest absolute Gasteiger partial charge is 0.454 e. The Balaban J connectivity index is 2.69. The van der Waals surface area contributed by atoms with Gasteiger partial charge in [0.1, 0.15) is 24.4 Å². The Hall–Kier alpha value is -2.38. The quantitative estimate of drug-likeness (QED) is 0.0195. The molecule has 11 heteroatoms. The number of unbranched alkanes of at least 4 members (excludes halogenated alkanes) is 31. The minimum atomic E-state index is -1.62. The van der Waals surface area contributed by atoms with Crippen LogP contribution in [0.2, 0.25) is 0 Å². The van der Waals surface area contributed by atoms with E-state index in [1.807, 2.05) is 6.08 Å². The number of rotatable bonds is 51. The van der Waals surface area contributed by atoms with Crippen LogP contribution in [-0.4, -0.2) is 99.6 Å². The first-order valence-corrected chi connectivity index (χ1v) is 30.4. The molecule has 1 fully saturated rings. The van der Waals surface area contributed by atoms with Crippen molar-refractivity contribution in [1.82, 2.24) is 5.32 Å². The van der Waals surface area contributed by atoms with Crippen molar-refractivity contribution in [3.8, 4) is 0 Å². The number of amides is 1. The number of esters is 1. The summed E-state index contributed by atoms with van der Waals surface area (Å²) in [6.45, 7) is 5.67. The van der Waals surface area contributed by atoms with Gasteiger partial charge in [-0.3, -0.25) is 9.59 Å². The summed E-state index contributed by atoms with van der Waals surface area (Å²) in [5.74, 6) is -1.21. The highest BCUT2D eigenvalue weighted by atomic mass is 16.7. The van der Waals surface area contributed by atoms with Gasteiger partial charge in [-0.05, 0) is 57.8 Å². The van der Waals surface area contributed by atoms with E-state index in [0.717, 1.165) is 83.5 Å². The molecule has 0 saturated carbocycles. The van der Waals surface area contributed by atoms with Crippen LogP contribution in [0.3, 0.4) is 0 Å². The number of carbonyl (C=O) groups excluding carboxylic acids is 2. The fourth-order valence-electron chi connectivity index (χ4n) is 9.43. The lowest BCUT2D eigenvalue weighted by Crippen LogP contribution is -2.61. The topological polar surface area (TPSA) is 175 Å². The van der Waals surface area contributed by atoms with Crippen LogP contribution in [0.4, 0.5) is 0 Å². The smallest absolute Gasteiger partial charge is 0.306 e. The molecule has 0 aromatic carbocycles. The summed E-state index contributed by atoms with van der Waals surface area (Å²) in [6.07, 6.45) is 50.1. The maximum absolute atomic E-state index is 13.4. The number of aliphatic hydroxyl groups excluding tert-OH is 5. The molecule has 426 valence electrons. The first-order chi connectivity index (χ1) is 35.7. The van der Waals surface area contributed by atoms with Gasteiger partial charge in [-0.2, -0.15) is 0 Å². The number of hydrogen-bond donors (Lipinski definition) is 6. The monoisotopic (exact) mass is 1030 g/mol. The van der Waals surface area contributed by atoms with Crippen molar-refractivity contribution in [3.05, 3.63) is 48.6 Å². The molecule has 1 aliphatic heterocycles. The Bertz CT molecular complexity index is 1370. The molecule has 11 nitrogen and oxygen atoms in total. The Morgan fingerprint density at radius 2 is 0.986 bits per heavy atom. The maximum Gasteiger partial charge on any atom is 0.306 e. The lowest BCUT2D eigenvalue weighted by atomic mass is 9.99. The van der Waals surface area contributed by atoms with Crippen molar-refractivity contribution >= 4 is 11.9 Å². The van der Waals surface area contributed by atoms with Crippen molar-refractivity contribution in [2.75, 3.05) is 13.2 Å². The van der Waals surface area contributed by atoms with Gasteiger partial charge in [0, 0.05) is 6.42 Å². The van der Waals surface area contributed by atoms with Gasteiger partial charge in [0.2, 0.25) is 5.91 Å². The van der Waals surface area contributed by atoms with Gasteiger partial charge in [-0.15, -0.1) is 0 Å². The lowest BCUT2D eigenvalue weighted by Gasteiger charge is -2.41. The summed E-state index contributed by atoms with van der Waals surface area (Å²) in [6, 6.07) is -1.03. The molecule has 0 bridgehead atoms. The van der Waals surface area contributed by atoms with Crippen LogP contribution in [0.25, 0.3) is 0 Å². The third kappa shape index (κ3) is 38.8. The number of carbonyl (C=O) groups is 2. The summed E-state index contributed by atoms with van der Waals surface area (Å²) in [5.41, 5.74) is 0. The summed E-state index contributed by atoms with van der Waals surface area (Å²) in [5, 5.41) is 56.9. The van der Waals surface area contributed by atoms with Crippen molar-refractivity contribution in [1.29, 1.82) is 0 Å². The average molecular weight is 1030 g/mol. The Morgan fingerprint density at radius 1 is 0.548 bits per heavy atom. The predicted molar refractivity (Wildman–Crippen MR) is 301 cm³/mol. The molecule has 8 unspecified atom stereocenters. The zero-order chi connectivity index (χ0) is 53.3. The highest BCUT2D eigenvalue weighted by Gasteiger charge is 2.47. The van der Waals surface area contributed by atoms with Crippen molar-refractivity contribution in [3.63, 3.8) is 0 Å². The predicted octanol–water partition coefficient (Wildman–Crippen LogP) is 14.1.